The molecule has 2 N–H and O–H groups in total. The number of hydrogen-bond acceptors (Lipinski definition) is 3. The standard InChI is InChI=1S/C21H21N3O3/c1-15-13-19(21(26)27)24(23-15)18-10-7-17(8-11-18)14-22-20(25)12-9-16-5-3-2-4-6-16/h2-8,10-11,13H,9,12,14H2,1H3,(H,22,25)(H,26,27). The van der Waals surface area contributed by atoms with Gasteiger partial charge in [-0.2, -0.15) is 5.10 Å². The summed E-state index contributed by atoms with van der Waals surface area (Å²) in [5.41, 5.74) is 3.50. The molecule has 1 heterocycles. The van der Waals surface area contributed by atoms with Crippen LogP contribution in [0, 0.1) is 6.92 Å². The molecule has 6 nitrogen and oxygen atoms in total. The fraction of sp³-hybridized carbons (Fsp3) is 0.190. The number of nitrogens with zero attached hydrogens (tertiary/aromatic N) is 2. The third-order valence-electron chi connectivity index (χ3n) is 4.20. The molecule has 0 aliphatic rings. The Morgan fingerprint density at radius 3 is 2.41 bits per heavy atom. The van der Waals surface area contributed by atoms with Crippen LogP contribution in [0.1, 0.15) is 33.7 Å². The molecule has 0 unspecified atom stereocenters. The van der Waals surface area contributed by atoms with Crippen LogP contribution >= 0.6 is 0 Å². The molecule has 2 aromatic carbocycles. The molecule has 0 aliphatic carbocycles. The normalized spacial score (nSPS) is 10.6. The molecule has 6 heteroatoms. The molecule has 0 saturated carbocycles. The zero-order chi connectivity index (χ0) is 19.2. The van der Waals surface area contributed by atoms with E-state index in [9.17, 15) is 14.7 Å². The van der Waals surface area contributed by atoms with Crippen molar-refractivity contribution >= 4 is 11.9 Å². The zero-order valence-electron chi connectivity index (χ0n) is 15.1. The van der Waals surface area contributed by atoms with Crippen molar-refractivity contribution in [2.75, 3.05) is 0 Å². The molecule has 27 heavy (non-hydrogen) atoms. The Labute approximate surface area is 157 Å². The SMILES string of the molecule is Cc1cc(C(=O)O)n(-c2ccc(CNC(=O)CCc3ccccc3)cc2)n1. The van der Waals surface area contributed by atoms with Crippen molar-refractivity contribution in [1.29, 1.82) is 0 Å². The molecule has 0 spiro atoms. The van der Waals surface area contributed by atoms with Crippen molar-refractivity contribution in [3.8, 4) is 5.69 Å². The van der Waals surface area contributed by atoms with Gasteiger partial charge >= 0.3 is 5.97 Å². The maximum absolute atomic E-state index is 12.0. The minimum atomic E-state index is -1.02. The maximum atomic E-state index is 12.0. The summed E-state index contributed by atoms with van der Waals surface area (Å²) >= 11 is 0. The summed E-state index contributed by atoms with van der Waals surface area (Å²) in [6.45, 7) is 2.18. The van der Waals surface area contributed by atoms with Gasteiger partial charge in [-0.15, -0.1) is 0 Å². The molecule has 3 aromatic rings. The molecule has 3 rings (SSSR count). The highest BCUT2D eigenvalue weighted by Gasteiger charge is 2.13. The van der Waals surface area contributed by atoms with Crippen LogP contribution in [0.4, 0.5) is 0 Å². The third kappa shape index (κ3) is 4.82. The maximum Gasteiger partial charge on any atom is 0.354 e. The summed E-state index contributed by atoms with van der Waals surface area (Å²) in [5, 5.41) is 16.4. The molecular weight excluding hydrogens is 342 g/mol. The number of nitrogens with one attached hydrogen (secondary N) is 1. The third-order valence-corrected chi connectivity index (χ3v) is 4.20. The van der Waals surface area contributed by atoms with Crippen molar-refractivity contribution in [3.63, 3.8) is 0 Å². The lowest BCUT2D eigenvalue weighted by atomic mass is 10.1. The fourth-order valence-electron chi connectivity index (χ4n) is 2.80. The number of aryl methyl sites for hydroxylation is 2. The van der Waals surface area contributed by atoms with Gasteiger partial charge in [-0.25, -0.2) is 9.48 Å². The van der Waals surface area contributed by atoms with E-state index >= 15 is 0 Å². The average molecular weight is 363 g/mol. The van der Waals surface area contributed by atoms with Gasteiger partial charge in [0.05, 0.1) is 11.4 Å². The van der Waals surface area contributed by atoms with Gasteiger partial charge in [0.1, 0.15) is 0 Å². The summed E-state index contributed by atoms with van der Waals surface area (Å²) in [7, 11) is 0. The lowest BCUT2D eigenvalue weighted by molar-refractivity contribution is -0.121. The summed E-state index contributed by atoms with van der Waals surface area (Å²) in [6, 6.07) is 18.7. The second-order valence-corrected chi connectivity index (χ2v) is 6.32. The number of hydrogen-bond donors (Lipinski definition) is 2. The van der Waals surface area contributed by atoms with Crippen molar-refractivity contribution in [2.24, 2.45) is 0 Å². The summed E-state index contributed by atoms with van der Waals surface area (Å²) in [5.74, 6) is -1.02. The smallest absolute Gasteiger partial charge is 0.354 e. The van der Waals surface area contributed by atoms with E-state index in [0.717, 1.165) is 11.1 Å². The van der Waals surface area contributed by atoms with Crippen LogP contribution in [0.3, 0.4) is 0 Å². The summed E-state index contributed by atoms with van der Waals surface area (Å²) < 4.78 is 1.40. The number of rotatable bonds is 7. The predicted molar refractivity (Wildman–Crippen MR) is 102 cm³/mol. The van der Waals surface area contributed by atoms with Gasteiger partial charge in [0.25, 0.3) is 0 Å². The Morgan fingerprint density at radius 1 is 1.04 bits per heavy atom. The highest BCUT2D eigenvalue weighted by Crippen LogP contribution is 2.14. The molecule has 0 atom stereocenters. The summed E-state index contributed by atoms with van der Waals surface area (Å²) in [6.07, 6.45) is 1.15. The van der Waals surface area contributed by atoms with Gasteiger partial charge in [0.15, 0.2) is 5.69 Å². The van der Waals surface area contributed by atoms with Crippen molar-refractivity contribution in [2.45, 2.75) is 26.3 Å². The molecule has 1 aromatic heterocycles. The van der Waals surface area contributed by atoms with E-state index in [4.69, 9.17) is 0 Å². The minimum Gasteiger partial charge on any atom is -0.477 e. The first-order chi connectivity index (χ1) is 13.0. The quantitative estimate of drug-likeness (QED) is 0.675. The molecule has 0 bridgehead atoms. The van der Waals surface area contributed by atoms with Gasteiger partial charge in [-0.1, -0.05) is 42.5 Å². The topological polar surface area (TPSA) is 84.2 Å². The highest BCUT2D eigenvalue weighted by molar-refractivity contribution is 5.86. The molecule has 0 radical (unpaired) electrons. The fourth-order valence-corrected chi connectivity index (χ4v) is 2.80. The molecule has 138 valence electrons. The van der Waals surface area contributed by atoms with Crippen LogP contribution in [0.15, 0.2) is 60.7 Å². The number of aromatic nitrogens is 2. The Kier molecular flexibility index (Phi) is 5.66. The van der Waals surface area contributed by atoms with Crippen LogP contribution in [0.5, 0.6) is 0 Å². The van der Waals surface area contributed by atoms with Crippen LogP contribution in [0.2, 0.25) is 0 Å². The Hall–Kier alpha value is -3.41. The minimum absolute atomic E-state index is 0.00112. The highest BCUT2D eigenvalue weighted by atomic mass is 16.4. The Balaban J connectivity index is 1.56. The van der Waals surface area contributed by atoms with Crippen LogP contribution in [-0.4, -0.2) is 26.8 Å². The first-order valence-electron chi connectivity index (χ1n) is 8.73. The van der Waals surface area contributed by atoms with E-state index in [1.807, 2.05) is 42.5 Å². The van der Waals surface area contributed by atoms with E-state index in [1.54, 1.807) is 19.1 Å². The van der Waals surface area contributed by atoms with E-state index in [0.29, 0.717) is 30.8 Å². The lowest BCUT2D eigenvalue weighted by Gasteiger charge is -2.08. The molecule has 1 amide bonds. The van der Waals surface area contributed by atoms with Gasteiger partial charge in [0.2, 0.25) is 5.91 Å². The first-order valence-corrected chi connectivity index (χ1v) is 8.73. The molecular formula is C21H21N3O3. The average Bonchev–Trinajstić information content (AvgIpc) is 3.08. The van der Waals surface area contributed by atoms with Gasteiger partial charge in [-0.3, -0.25) is 4.79 Å². The van der Waals surface area contributed by atoms with E-state index in [2.05, 4.69) is 10.4 Å². The number of aromatic carboxylic acids is 1. The van der Waals surface area contributed by atoms with E-state index in [-0.39, 0.29) is 11.6 Å². The van der Waals surface area contributed by atoms with Gasteiger partial charge in [-0.05, 0) is 42.7 Å². The van der Waals surface area contributed by atoms with Gasteiger partial charge < -0.3 is 10.4 Å². The molecule has 0 saturated heterocycles. The second-order valence-electron chi connectivity index (χ2n) is 6.32. The van der Waals surface area contributed by atoms with Crippen molar-refractivity contribution in [1.82, 2.24) is 15.1 Å². The van der Waals surface area contributed by atoms with E-state index in [1.165, 1.54) is 10.7 Å². The van der Waals surface area contributed by atoms with Crippen LogP contribution in [0.25, 0.3) is 5.69 Å². The predicted octanol–water partition coefficient (Wildman–Crippen LogP) is 3.13. The number of carboxylic acid groups (broad SMARTS) is 1. The van der Waals surface area contributed by atoms with Crippen LogP contribution < -0.4 is 5.32 Å². The number of carbonyl (C=O) groups excluding carboxylic acids is 1. The van der Waals surface area contributed by atoms with Crippen LogP contribution in [-0.2, 0) is 17.8 Å². The Morgan fingerprint density at radius 2 is 1.74 bits per heavy atom. The number of benzene rings is 2. The van der Waals surface area contributed by atoms with Gasteiger partial charge in [0, 0.05) is 13.0 Å². The summed E-state index contributed by atoms with van der Waals surface area (Å²) in [4.78, 5) is 23.3. The largest absolute Gasteiger partial charge is 0.477 e. The Bertz CT molecular complexity index is 931. The second kappa shape index (κ2) is 8.31. The number of amides is 1. The molecule has 0 aliphatic heterocycles. The van der Waals surface area contributed by atoms with E-state index < -0.39 is 5.97 Å². The van der Waals surface area contributed by atoms with Crippen molar-refractivity contribution < 1.29 is 14.7 Å². The number of carboxylic acids is 1. The first kappa shape index (κ1) is 18.4. The number of carbonyl (C=O) groups is 2. The lowest BCUT2D eigenvalue weighted by Crippen LogP contribution is -2.23. The zero-order valence-corrected chi connectivity index (χ0v) is 15.1. The van der Waals surface area contributed by atoms with Crippen molar-refractivity contribution in [3.05, 3.63) is 83.2 Å². The monoisotopic (exact) mass is 363 g/mol. The molecule has 0 fully saturated rings.